The molecule has 2 aliphatic rings. The summed E-state index contributed by atoms with van der Waals surface area (Å²) in [6.07, 6.45) is 5.75. The first kappa shape index (κ1) is 14.0. The molecule has 1 aromatic carbocycles. The summed E-state index contributed by atoms with van der Waals surface area (Å²) in [5.74, 6) is 1.42. The first-order valence-electron chi connectivity index (χ1n) is 7.80. The third kappa shape index (κ3) is 2.38. The zero-order valence-corrected chi connectivity index (χ0v) is 13.3. The van der Waals surface area contributed by atoms with Crippen LogP contribution >= 0.6 is 11.6 Å². The summed E-state index contributed by atoms with van der Waals surface area (Å²) in [6, 6.07) is 11.5. The number of nitrogens with one attached hydrogen (secondary N) is 1. The van der Waals surface area contributed by atoms with Crippen LogP contribution in [0.2, 0.25) is 5.15 Å². The van der Waals surface area contributed by atoms with Gasteiger partial charge in [-0.25, -0.2) is 4.98 Å². The Hall–Kier alpha value is -1.58. The molecule has 3 unspecified atom stereocenters. The van der Waals surface area contributed by atoms with Gasteiger partial charge in [-0.15, -0.1) is 0 Å². The molecule has 2 bridgehead atoms. The second-order valence-electron chi connectivity index (χ2n) is 6.23. The van der Waals surface area contributed by atoms with Gasteiger partial charge in [-0.2, -0.15) is 0 Å². The zero-order valence-electron chi connectivity index (χ0n) is 12.6. The third-order valence-electron chi connectivity index (χ3n) is 4.99. The lowest BCUT2D eigenvalue weighted by atomic mass is 9.84. The van der Waals surface area contributed by atoms with E-state index in [1.165, 1.54) is 24.8 Å². The van der Waals surface area contributed by atoms with E-state index < -0.39 is 0 Å². The van der Waals surface area contributed by atoms with E-state index in [9.17, 15) is 0 Å². The van der Waals surface area contributed by atoms with Crippen LogP contribution in [0.1, 0.15) is 30.7 Å². The highest BCUT2D eigenvalue weighted by atomic mass is 35.5. The largest absolute Gasteiger partial charge is 0.497 e. The first-order chi connectivity index (χ1) is 10.7. The normalized spacial score (nSPS) is 26.4. The number of rotatable bonds is 3. The average molecular weight is 315 g/mol. The van der Waals surface area contributed by atoms with Crippen LogP contribution in [-0.2, 0) is 0 Å². The number of nitrogens with zero attached hydrogens (tertiary/aromatic N) is 1. The van der Waals surface area contributed by atoms with Crippen molar-refractivity contribution in [2.75, 3.05) is 7.11 Å². The van der Waals surface area contributed by atoms with Gasteiger partial charge >= 0.3 is 0 Å². The summed E-state index contributed by atoms with van der Waals surface area (Å²) in [5.41, 5.74) is 3.38. The van der Waals surface area contributed by atoms with Crippen molar-refractivity contribution in [3.05, 3.63) is 47.2 Å². The fourth-order valence-corrected chi connectivity index (χ4v) is 4.05. The number of ether oxygens (including phenoxy) is 1. The van der Waals surface area contributed by atoms with Crippen molar-refractivity contribution in [3.8, 4) is 16.9 Å². The van der Waals surface area contributed by atoms with Gasteiger partial charge in [0.25, 0.3) is 0 Å². The molecule has 2 aromatic rings. The molecule has 3 atom stereocenters. The quantitative estimate of drug-likeness (QED) is 0.869. The summed E-state index contributed by atoms with van der Waals surface area (Å²) in [5, 5.41) is 4.25. The van der Waals surface area contributed by atoms with Crippen LogP contribution in [0.3, 0.4) is 0 Å². The van der Waals surface area contributed by atoms with Crippen molar-refractivity contribution in [3.63, 3.8) is 0 Å². The van der Waals surface area contributed by atoms with Crippen LogP contribution in [0, 0.1) is 0 Å². The standard InChI is InChI=1S/C18H19ClN2O/c1-22-14-5-2-11(3-6-14)16-8-12(10-20-18(16)19)15-9-13-4-7-17(15)21-13/h2-3,5-6,8,10,13,15,17,21H,4,7,9H2,1H3. The van der Waals surface area contributed by atoms with Crippen molar-refractivity contribution in [1.29, 1.82) is 0 Å². The Morgan fingerprint density at radius 3 is 2.68 bits per heavy atom. The van der Waals surface area contributed by atoms with Gasteiger partial charge in [0.15, 0.2) is 0 Å². The van der Waals surface area contributed by atoms with Crippen LogP contribution in [0.4, 0.5) is 0 Å². The van der Waals surface area contributed by atoms with Gasteiger partial charge < -0.3 is 10.1 Å². The molecule has 4 rings (SSSR count). The zero-order chi connectivity index (χ0) is 15.1. The monoisotopic (exact) mass is 314 g/mol. The summed E-state index contributed by atoms with van der Waals surface area (Å²) >= 11 is 6.33. The topological polar surface area (TPSA) is 34.1 Å². The smallest absolute Gasteiger partial charge is 0.136 e. The van der Waals surface area contributed by atoms with E-state index in [4.69, 9.17) is 16.3 Å². The van der Waals surface area contributed by atoms with Crippen LogP contribution in [0.25, 0.3) is 11.1 Å². The molecule has 0 amide bonds. The molecule has 3 heterocycles. The molecule has 0 radical (unpaired) electrons. The van der Waals surface area contributed by atoms with Gasteiger partial charge in [0.1, 0.15) is 10.9 Å². The Balaban J connectivity index is 1.68. The number of benzene rings is 1. The molecule has 3 nitrogen and oxygen atoms in total. The number of hydrogen-bond donors (Lipinski definition) is 1. The first-order valence-corrected chi connectivity index (χ1v) is 8.18. The maximum Gasteiger partial charge on any atom is 0.136 e. The summed E-state index contributed by atoms with van der Waals surface area (Å²) in [6.45, 7) is 0. The minimum Gasteiger partial charge on any atom is -0.497 e. The van der Waals surface area contributed by atoms with Gasteiger partial charge in [-0.3, -0.25) is 0 Å². The lowest BCUT2D eigenvalue weighted by Gasteiger charge is -2.21. The lowest BCUT2D eigenvalue weighted by molar-refractivity contribution is 0.415. The second kappa shape index (κ2) is 5.56. The van der Waals surface area contributed by atoms with E-state index in [1.54, 1.807) is 7.11 Å². The van der Waals surface area contributed by atoms with Crippen LogP contribution < -0.4 is 10.1 Å². The van der Waals surface area contributed by atoms with Gasteiger partial charge in [0.2, 0.25) is 0 Å². The average Bonchev–Trinajstić information content (AvgIpc) is 3.19. The number of aromatic nitrogens is 1. The Labute approximate surface area is 135 Å². The van der Waals surface area contributed by atoms with Gasteiger partial charge in [-0.1, -0.05) is 23.7 Å². The molecule has 114 valence electrons. The molecule has 2 fully saturated rings. The van der Waals surface area contributed by atoms with Crippen LogP contribution in [-0.4, -0.2) is 24.2 Å². The maximum absolute atomic E-state index is 6.33. The SMILES string of the molecule is COc1ccc(-c2cc(C3CC4CCC3N4)cnc2Cl)cc1. The lowest BCUT2D eigenvalue weighted by Crippen LogP contribution is -2.21. The van der Waals surface area contributed by atoms with Crippen molar-refractivity contribution < 1.29 is 4.74 Å². The molecule has 0 saturated carbocycles. The van der Waals surface area contributed by atoms with E-state index in [1.807, 2.05) is 30.5 Å². The Morgan fingerprint density at radius 2 is 2.05 bits per heavy atom. The van der Waals surface area contributed by atoms with Crippen molar-refractivity contribution in [2.45, 2.75) is 37.3 Å². The molecule has 2 saturated heterocycles. The van der Waals surface area contributed by atoms with Gasteiger partial charge in [0, 0.05) is 29.8 Å². The third-order valence-corrected chi connectivity index (χ3v) is 5.29. The highest BCUT2D eigenvalue weighted by Crippen LogP contribution is 2.41. The summed E-state index contributed by atoms with van der Waals surface area (Å²) in [4.78, 5) is 4.43. The summed E-state index contributed by atoms with van der Waals surface area (Å²) < 4.78 is 5.22. The van der Waals surface area contributed by atoms with Gasteiger partial charge in [0.05, 0.1) is 7.11 Å². The molecule has 2 aliphatic heterocycles. The molecule has 1 aromatic heterocycles. The highest BCUT2D eigenvalue weighted by molar-refractivity contribution is 6.32. The van der Waals surface area contributed by atoms with Crippen LogP contribution in [0.5, 0.6) is 5.75 Å². The molecule has 22 heavy (non-hydrogen) atoms. The van der Waals surface area contributed by atoms with Crippen molar-refractivity contribution >= 4 is 11.6 Å². The second-order valence-corrected chi connectivity index (χ2v) is 6.58. The highest BCUT2D eigenvalue weighted by Gasteiger charge is 2.39. The number of halogens is 1. The Bertz CT molecular complexity index is 686. The van der Waals surface area contributed by atoms with E-state index >= 15 is 0 Å². The molecular weight excluding hydrogens is 296 g/mol. The predicted molar refractivity (Wildman–Crippen MR) is 88.5 cm³/mol. The van der Waals surface area contributed by atoms with E-state index in [0.29, 0.717) is 23.2 Å². The minimum absolute atomic E-state index is 0.560. The summed E-state index contributed by atoms with van der Waals surface area (Å²) in [7, 11) is 1.67. The molecule has 1 N–H and O–H groups in total. The Kier molecular flexibility index (Phi) is 3.55. The van der Waals surface area contributed by atoms with Gasteiger partial charge in [-0.05, 0) is 48.6 Å². The number of methoxy groups -OCH3 is 1. The fourth-order valence-electron chi connectivity index (χ4n) is 3.83. The minimum atomic E-state index is 0.560. The maximum atomic E-state index is 6.33. The van der Waals surface area contributed by atoms with E-state index in [0.717, 1.165) is 16.9 Å². The number of pyridine rings is 1. The Morgan fingerprint density at radius 1 is 1.23 bits per heavy atom. The molecule has 0 aliphatic carbocycles. The fraction of sp³-hybridized carbons (Fsp3) is 0.389. The van der Waals surface area contributed by atoms with E-state index in [-0.39, 0.29) is 0 Å². The molecule has 4 heteroatoms. The number of hydrogen-bond acceptors (Lipinski definition) is 3. The molecular formula is C18H19ClN2O. The van der Waals surface area contributed by atoms with Crippen molar-refractivity contribution in [2.24, 2.45) is 0 Å². The molecule has 0 spiro atoms. The van der Waals surface area contributed by atoms with Crippen LogP contribution in [0.15, 0.2) is 36.5 Å². The van der Waals surface area contributed by atoms with E-state index in [2.05, 4.69) is 16.4 Å². The number of fused-ring (bicyclic) bond motifs is 2. The predicted octanol–water partition coefficient (Wildman–Crippen LogP) is 4.02. The van der Waals surface area contributed by atoms with Crippen molar-refractivity contribution in [1.82, 2.24) is 10.3 Å².